The molecule has 0 bridgehead atoms. The van der Waals surface area contributed by atoms with Gasteiger partial charge in [0.1, 0.15) is 0 Å². The summed E-state index contributed by atoms with van der Waals surface area (Å²) in [5, 5.41) is 9.46. The molecule has 0 aromatic carbocycles. The third-order valence-electron chi connectivity index (χ3n) is 7.79. The predicted molar refractivity (Wildman–Crippen MR) is 170 cm³/mol. The number of aliphatic hydroxyl groups is 1. The average molecular weight is 1000 g/mol. The summed E-state index contributed by atoms with van der Waals surface area (Å²) in [5.74, 6) is -78.0. The molecule has 0 aromatic heterocycles. The van der Waals surface area contributed by atoms with Crippen LogP contribution in [0, 0.1) is 0 Å². The molecule has 0 saturated carbocycles. The molecule has 32 heteroatoms. The van der Waals surface area contributed by atoms with Crippen molar-refractivity contribution >= 4 is 0 Å². The zero-order valence-corrected chi connectivity index (χ0v) is 33.2. The van der Waals surface area contributed by atoms with Crippen LogP contribution in [0.5, 0.6) is 0 Å². The fourth-order valence-electron chi connectivity index (χ4n) is 4.19. The molecule has 1 unspecified atom stereocenters. The Bertz CT molecular complexity index is 1260. The SMILES string of the molecule is COCCOCCOCCOCCOCCOCCOCCOCCOCCOCC(O)CC(F)(F)C(F)(F)C(F)(F)C(F)(F)C(F)(F)C(F)(F)C(F)(F)C(F)(F)C(F)(F)C(F)(F)F. The van der Waals surface area contributed by atoms with Gasteiger partial charge in [-0.3, -0.25) is 0 Å². The first-order chi connectivity index (χ1) is 29.2. The minimum absolute atomic E-state index is 0.0511. The van der Waals surface area contributed by atoms with Crippen molar-refractivity contribution in [2.45, 2.75) is 72.0 Å². The summed E-state index contributed by atoms with van der Waals surface area (Å²) >= 11 is 0. The smallest absolute Gasteiger partial charge is 0.390 e. The summed E-state index contributed by atoms with van der Waals surface area (Å²) < 4.78 is 335. The molecule has 0 heterocycles. The average Bonchev–Trinajstić information content (AvgIpc) is 3.17. The zero-order chi connectivity index (χ0) is 49.8. The summed E-state index contributed by atoms with van der Waals surface area (Å²) in [6, 6.07) is 0. The second kappa shape index (κ2) is 26.6. The van der Waals surface area contributed by atoms with Gasteiger partial charge in [-0.15, -0.1) is 0 Å². The van der Waals surface area contributed by atoms with Crippen molar-refractivity contribution in [3.8, 4) is 0 Å². The summed E-state index contributed by atoms with van der Waals surface area (Å²) in [6.45, 7) is 1.34. The zero-order valence-electron chi connectivity index (χ0n) is 33.2. The van der Waals surface area contributed by atoms with Crippen LogP contribution in [-0.4, -0.2) is 203 Å². The lowest BCUT2D eigenvalue weighted by molar-refractivity contribution is -0.474. The van der Waals surface area contributed by atoms with Gasteiger partial charge < -0.3 is 52.5 Å². The van der Waals surface area contributed by atoms with Crippen molar-refractivity contribution < 1.29 is 145 Å². The lowest BCUT2D eigenvalue weighted by Crippen LogP contribution is -2.76. The van der Waals surface area contributed by atoms with Crippen LogP contribution < -0.4 is 0 Å². The van der Waals surface area contributed by atoms with Gasteiger partial charge >= 0.3 is 59.5 Å². The molecular weight excluding hydrogens is 959 g/mol. The normalized spacial score (nSPS) is 15.0. The number of hydrogen-bond acceptors (Lipinski definition) is 11. The Hall–Kier alpha value is -1.91. The fraction of sp³-hybridized carbons (Fsp3) is 1.00. The summed E-state index contributed by atoms with van der Waals surface area (Å²) in [6.07, 6.45) is -14.4. The van der Waals surface area contributed by atoms with Gasteiger partial charge in [0.25, 0.3) is 0 Å². The van der Waals surface area contributed by atoms with E-state index in [-0.39, 0.29) is 46.2 Å². The monoisotopic (exact) mass is 1000 g/mol. The highest BCUT2D eigenvalue weighted by molar-refractivity contribution is 5.18. The van der Waals surface area contributed by atoms with Crippen LogP contribution in [0.4, 0.5) is 92.2 Å². The molecule has 1 atom stereocenters. The van der Waals surface area contributed by atoms with E-state index in [1.165, 1.54) is 0 Å². The Labute approximate surface area is 349 Å². The highest BCUT2D eigenvalue weighted by Crippen LogP contribution is 2.66. The standard InChI is InChI=1S/C32H45F21O11/c1-55-2-3-56-4-5-57-6-7-58-8-9-59-10-11-60-12-13-61-14-15-62-16-17-63-18-19-64-21-22(54)20-23(33,34)24(35,36)25(37,38)26(39,40)27(41,42)28(43,44)29(45,46)30(47,48)31(49,50)32(51,52)53/h22,54H,2-21H2,1H3. The van der Waals surface area contributed by atoms with Crippen LogP contribution >= 0.6 is 0 Å². The lowest BCUT2D eigenvalue weighted by Gasteiger charge is -2.44. The molecular formula is C32H45F21O11. The molecule has 0 aliphatic heterocycles. The van der Waals surface area contributed by atoms with E-state index in [9.17, 15) is 97.3 Å². The van der Waals surface area contributed by atoms with Crippen molar-refractivity contribution in [2.24, 2.45) is 0 Å². The molecule has 0 spiro atoms. The predicted octanol–water partition coefficient (Wildman–Crippen LogP) is 6.81. The molecule has 0 amide bonds. The first kappa shape index (κ1) is 62.1. The van der Waals surface area contributed by atoms with Crippen LogP contribution in [0.25, 0.3) is 0 Å². The maximum absolute atomic E-state index is 14.1. The Kier molecular flexibility index (Phi) is 25.8. The molecule has 386 valence electrons. The van der Waals surface area contributed by atoms with Gasteiger partial charge in [0.15, 0.2) is 0 Å². The van der Waals surface area contributed by atoms with Gasteiger partial charge in [-0.05, 0) is 0 Å². The molecule has 0 aliphatic carbocycles. The second-order valence-electron chi connectivity index (χ2n) is 12.6. The summed E-state index contributed by atoms with van der Waals surface area (Å²) in [5.41, 5.74) is 0. The largest absolute Gasteiger partial charge is 0.460 e. The Morgan fingerprint density at radius 3 is 0.734 bits per heavy atom. The first-order valence-electron chi connectivity index (χ1n) is 18.0. The molecule has 0 fully saturated rings. The number of halogens is 21. The van der Waals surface area contributed by atoms with Crippen molar-refractivity contribution in [3.05, 3.63) is 0 Å². The molecule has 11 nitrogen and oxygen atoms in total. The number of methoxy groups -OCH3 is 1. The van der Waals surface area contributed by atoms with Crippen molar-refractivity contribution in [1.82, 2.24) is 0 Å². The van der Waals surface area contributed by atoms with E-state index in [0.717, 1.165) is 0 Å². The number of aliphatic hydroxyl groups excluding tert-OH is 1. The highest BCUT2D eigenvalue weighted by atomic mass is 19.4. The van der Waals surface area contributed by atoms with E-state index in [1.54, 1.807) is 7.11 Å². The van der Waals surface area contributed by atoms with E-state index < -0.39 is 91.8 Å². The van der Waals surface area contributed by atoms with Gasteiger partial charge in [-0.2, -0.15) is 92.2 Å². The maximum atomic E-state index is 14.1. The summed E-state index contributed by atoms with van der Waals surface area (Å²) in [4.78, 5) is 0. The van der Waals surface area contributed by atoms with E-state index in [2.05, 4.69) is 4.74 Å². The van der Waals surface area contributed by atoms with Crippen LogP contribution in [-0.2, 0) is 47.4 Å². The Morgan fingerprint density at radius 1 is 0.297 bits per heavy atom. The van der Waals surface area contributed by atoms with Crippen molar-refractivity contribution in [1.29, 1.82) is 0 Å². The molecule has 0 aromatic rings. The van der Waals surface area contributed by atoms with Crippen molar-refractivity contribution in [3.63, 3.8) is 0 Å². The Balaban J connectivity index is 4.54. The van der Waals surface area contributed by atoms with Gasteiger partial charge in [0.05, 0.1) is 132 Å². The number of alkyl halides is 21. The van der Waals surface area contributed by atoms with E-state index in [1.807, 2.05) is 0 Å². The number of hydrogen-bond donors (Lipinski definition) is 1. The minimum atomic E-state index is -9.25. The maximum Gasteiger partial charge on any atom is 0.460 e. The van der Waals surface area contributed by atoms with Gasteiger partial charge in [0.2, 0.25) is 0 Å². The minimum Gasteiger partial charge on any atom is -0.390 e. The molecule has 0 radical (unpaired) electrons. The third-order valence-corrected chi connectivity index (χ3v) is 7.79. The van der Waals surface area contributed by atoms with Crippen LogP contribution in [0.15, 0.2) is 0 Å². The van der Waals surface area contributed by atoms with Gasteiger partial charge in [0, 0.05) is 13.5 Å². The molecule has 0 aliphatic rings. The van der Waals surface area contributed by atoms with E-state index in [0.29, 0.717) is 59.5 Å². The lowest BCUT2D eigenvalue weighted by atomic mass is 9.85. The molecule has 0 rings (SSSR count). The quantitative estimate of drug-likeness (QED) is 0.0518. The number of ether oxygens (including phenoxy) is 10. The second-order valence-corrected chi connectivity index (χ2v) is 12.6. The Morgan fingerprint density at radius 2 is 0.500 bits per heavy atom. The number of rotatable bonds is 39. The molecule has 64 heavy (non-hydrogen) atoms. The van der Waals surface area contributed by atoms with Crippen molar-refractivity contribution in [2.75, 3.05) is 133 Å². The summed E-state index contributed by atoms with van der Waals surface area (Å²) in [7, 11) is 1.56. The van der Waals surface area contributed by atoms with Gasteiger partial charge in [-0.25, -0.2) is 0 Å². The van der Waals surface area contributed by atoms with Crippen LogP contribution in [0.1, 0.15) is 6.42 Å². The van der Waals surface area contributed by atoms with Crippen LogP contribution in [0.2, 0.25) is 0 Å². The van der Waals surface area contributed by atoms with E-state index in [4.69, 9.17) is 42.6 Å². The fourth-order valence-corrected chi connectivity index (χ4v) is 4.19. The molecule has 1 N–H and O–H groups in total. The third kappa shape index (κ3) is 16.1. The first-order valence-corrected chi connectivity index (χ1v) is 18.0. The highest BCUT2D eigenvalue weighted by Gasteiger charge is 2.97. The topological polar surface area (TPSA) is 113 Å². The molecule has 0 saturated heterocycles. The van der Waals surface area contributed by atoms with E-state index >= 15 is 0 Å². The van der Waals surface area contributed by atoms with Crippen LogP contribution in [0.3, 0.4) is 0 Å². The van der Waals surface area contributed by atoms with Gasteiger partial charge in [-0.1, -0.05) is 0 Å².